The Balaban J connectivity index is 1.46. The molecule has 1 atom stereocenters. The zero-order valence-electron chi connectivity index (χ0n) is 18.3. The third kappa shape index (κ3) is 3.87. The Morgan fingerprint density at radius 1 is 1.15 bits per heavy atom. The van der Waals surface area contributed by atoms with Gasteiger partial charge in [-0.25, -0.2) is 24.4 Å². The van der Waals surface area contributed by atoms with Crippen LogP contribution in [0.4, 0.5) is 16.4 Å². The van der Waals surface area contributed by atoms with E-state index in [2.05, 4.69) is 20.3 Å². The van der Waals surface area contributed by atoms with Gasteiger partial charge in [0, 0.05) is 30.4 Å². The number of hydrogen-bond donors (Lipinski definition) is 3. The maximum atomic E-state index is 12.6. The lowest BCUT2D eigenvalue weighted by atomic mass is 10.1. The molecule has 34 heavy (non-hydrogen) atoms. The molecule has 11 heteroatoms. The SMILES string of the molecule is Cc1ccnc(NC(=O)c2ccc(-c3nn(C4CCN(C(=O)O)C4)c4ncnc(N)c34)cc2)c1. The second-order valence-electron chi connectivity index (χ2n) is 8.17. The summed E-state index contributed by atoms with van der Waals surface area (Å²) in [6.07, 6.45) is 2.68. The number of carbonyl (C=O) groups is 2. The summed E-state index contributed by atoms with van der Waals surface area (Å²) in [5, 5.41) is 17.4. The van der Waals surface area contributed by atoms with E-state index < -0.39 is 6.09 Å². The Kier molecular flexibility index (Phi) is 5.28. The maximum Gasteiger partial charge on any atom is 0.407 e. The number of amides is 2. The van der Waals surface area contributed by atoms with Crippen molar-refractivity contribution in [3.8, 4) is 11.3 Å². The first-order valence-electron chi connectivity index (χ1n) is 10.7. The average molecular weight is 458 g/mol. The normalized spacial score (nSPS) is 15.6. The monoisotopic (exact) mass is 458 g/mol. The first-order chi connectivity index (χ1) is 16.4. The van der Waals surface area contributed by atoms with Crippen molar-refractivity contribution >= 4 is 34.7 Å². The van der Waals surface area contributed by atoms with Crippen molar-refractivity contribution in [3.63, 3.8) is 0 Å². The fourth-order valence-electron chi connectivity index (χ4n) is 4.14. The number of fused-ring (bicyclic) bond motifs is 1. The molecule has 5 rings (SSSR count). The summed E-state index contributed by atoms with van der Waals surface area (Å²) in [6.45, 7) is 2.67. The smallest absolute Gasteiger partial charge is 0.407 e. The number of rotatable bonds is 4. The summed E-state index contributed by atoms with van der Waals surface area (Å²) in [7, 11) is 0. The molecule has 1 fully saturated rings. The van der Waals surface area contributed by atoms with Gasteiger partial charge in [0.15, 0.2) is 5.65 Å². The van der Waals surface area contributed by atoms with Crippen LogP contribution in [0.15, 0.2) is 48.9 Å². The molecule has 11 nitrogen and oxygen atoms in total. The molecule has 0 saturated carbocycles. The van der Waals surface area contributed by atoms with Gasteiger partial charge in [-0.1, -0.05) is 12.1 Å². The van der Waals surface area contributed by atoms with Gasteiger partial charge in [0.1, 0.15) is 23.7 Å². The van der Waals surface area contributed by atoms with Crippen molar-refractivity contribution in [2.75, 3.05) is 24.1 Å². The van der Waals surface area contributed by atoms with Gasteiger partial charge in [-0.05, 0) is 43.2 Å². The fraction of sp³-hybridized carbons (Fsp3) is 0.217. The van der Waals surface area contributed by atoms with E-state index in [-0.39, 0.29) is 17.8 Å². The number of aromatic nitrogens is 5. The molecule has 1 aromatic carbocycles. The van der Waals surface area contributed by atoms with E-state index >= 15 is 0 Å². The van der Waals surface area contributed by atoms with Gasteiger partial charge in [-0.2, -0.15) is 5.10 Å². The molecule has 0 bridgehead atoms. The van der Waals surface area contributed by atoms with E-state index in [4.69, 9.17) is 10.8 Å². The highest BCUT2D eigenvalue weighted by atomic mass is 16.4. The highest BCUT2D eigenvalue weighted by molar-refractivity contribution is 6.04. The number of nitrogens with zero attached hydrogens (tertiary/aromatic N) is 6. The summed E-state index contributed by atoms with van der Waals surface area (Å²) in [4.78, 5) is 38.0. The fourth-order valence-corrected chi connectivity index (χ4v) is 4.14. The van der Waals surface area contributed by atoms with Crippen molar-refractivity contribution < 1.29 is 14.7 Å². The van der Waals surface area contributed by atoms with Crippen LogP contribution >= 0.6 is 0 Å². The highest BCUT2D eigenvalue weighted by Gasteiger charge is 2.30. The van der Waals surface area contributed by atoms with Gasteiger partial charge in [0.25, 0.3) is 5.91 Å². The van der Waals surface area contributed by atoms with E-state index in [0.29, 0.717) is 47.6 Å². The van der Waals surface area contributed by atoms with E-state index in [1.807, 2.05) is 13.0 Å². The molecule has 1 saturated heterocycles. The average Bonchev–Trinajstić information content (AvgIpc) is 3.45. The standard InChI is InChI=1S/C23H22N8O3/c1-13-6-8-25-17(10-13)28-22(32)15-4-2-14(3-5-15)19-18-20(24)26-12-27-21(18)31(29-19)16-7-9-30(11-16)23(33)34/h2-6,8,10,12,16H,7,9,11H2,1H3,(H,33,34)(H2,24,26,27)(H,25,28,32). The number of aryl methyl sites for hydroxylation is 1. The number of nitrogens with one attached hydrogen (secondary N) is 1. The van der Waals surface area contributed by atoms with Crippen molar-refractivity contribution in [1.29, 1.82) is 0 Å². The zero-order chi connectivity index (χ0) is 23.8. The molecule has 1 aliphatic rings. The van der Waals surface area contributed by atoms with Crippen molar-refractivity contribution in [1.82, 2.24) is 29.6 Å². The predicted molar refractivity (Wildman–Crippen MR) is 125 cm³/mol. The van der Waals surface area contributed by atoms with Crippen LogP contribution in [-0.2, 0) is 0 Å². The molecule has 4 aromatic rings. The summed E-state index contributed by atoms with van der Waals surface area (Å²) in [5.41, 5.74) is 9.51. The second kappa shape index (κ2) is 8.43. The molecule has 3 aromatic heterocycles. The lowest BCUT2D eigenvalue weighted by Crippen LogP contribution is -2.27. The second-order valence-corrected chi connectivity index (χ2v) is 8.17. The quantitative estimate of drug-likeness (QED) is 0.422. The summed E-state index contributed by atoms with van der Waals surface area (Å²) in [5.74, 6) is 0.491. The predicted octanol–water partition coefficient (Wildman–Crippen LogP) is 2.96. The lowest BCUT2D eigenvalue weighted by molar-refractivity contribution is 0.102. The molecule has 4 N–H and O–H groups in total. The van der Waals surface area contributed by atoms with Crippen molar-refractivity contribution in [2.24, 2.45) is 0 Å². The zero-order valence-corrected chi connectivity index (χ0v) is 18.3. The lowest BCUT2D eigenvalue weighted by Gasteiger charge is -2.13. The minimum atomic E-state index is -0.956. The Morgan fingerprint density at radius 3 is 2.65 bits per heavy atom. The number of anilines is 2. The summed E-state index contributed by atoms with van der Waals surface area (Å²) in [6, 6.07) is 10.5. The molecule has 2 amide bonds. The van der Waals surface area contributed by atoms with E-state index in [1.165, 1.54) is 11.2 Å². The topological polar surface area (TPSA) is 152 Å². The van der Waals surface area contributed by atoms with Crippen LogP contribution in [0, 0.1) is 6.92 Å². The van der Waals surface area contributed by atoms with Crippen LogP contribution in [0.3, 0.4) is 0 Å². The van der Waals surface area contributed by atoms with Crippen LogP contribution < -0.4 is 11.1 Å². The Hall–Kier alpha value is -4.54. The van der Waals surface area contributed by atoms with Gasteiger partial charge in [-0.3, -0.25) is 4.79 Å². The molecule has 172 valence electrons. The van der Waals surface area contributed by atoms with Crippen LogP contribution in [0.1, 0.15) is 28.4 Å². The summed E-state index contributed by atoms with van der Waals surface area (Å²) < 4.78 is 1.73. The van der Waals surface area contributed by atoms with Crippen LogP contribution in [0.25, 0.3) is 22.3 Å². The van der Waals surface area contributed by atoms with Crippen LogP contribution in [-0.4, -0.2) is 59.8 Å². The van der Waals surface area contributed by atoms with Crippen LogP contribution in [0.2, 0.25) is 0 Å². The van der Waals surface area contributed by atoms with Crippen molar-refractivity contribution in [3.05, 3.63) is 60.0 Å². The van der Waals surface area contributed by atoms with Crippen molar-refractivity contribution in [2.45, 2.75) is 19.4 Å². The van der Waals surface area contributed by atoms with E-state index in [1.54, 1.807) is 41.2 Å². The number of nitrogens with two attached hydrogens (primary N) is 1. The highest BCUT2D eigenvalue weighted by Crippen LogP contribution is 2.34. The van der Waals surface area contributed by atoms with Gasteiger partial charge in [-0.15, -0.1) is 0 Å². The summed E-state index contributed by atoms with van der Waals surface area (Å²) >= 11 is 0. The Bertz CT molecular complexity index is 1400. The molecule has 1 aliphatic heterocycles. The Labute approximate surface area is 194 Å². The Morgan fingerprint density at radius 2 is 1.94 bits per heavy atom. The minimum absolute atomic E-state index is 0.159. The third-order valence-electron chi connectivity index (χ3n) is 5.88. The molecular formula is C23H22N8O3. The van der Waals surface area contributed by atoms with Crippen LogP contribution in [0.5, 0.6) is 0 Å². The number of benzene rings is 1. The van der Waals surface area contributed by atoms with E-state index in [0.717, 1.165) is 11.1 Å². The maximum absolute atomic E-state index is 12.6. The number of pyridine rings is 1. The number of carboxylic acid groups (broad SMARTS) is 1. The largest absolute Gasteiger partial charge is 0.465 e. The molecule has 0 aliphatic carbocycles. The van der Waals surface area contributed by atoms with Gasteiger partial charge in [0.05, 0.1) is 11.4 Å². The molecular weight excluding hydrogens is 436 g/mol. The molecule has 4 heterocycles. The first-order valence-corrected chi connectivity index (χ1v) is 10.7. The number of nitrogen functional groups attached to an aromatic ring is 1. The molecule has 1 unspecified atom stereocenters. The van der Waals surface area contributed by atoms with Gasteiger partial charge in [0.2, 0.25) is 0 Å². The number of carbonyl (C=O) groups excluding carboxylic acids is 1. The number of likely N-dealkylation sites (tertiary alicyclic amines) is 1. The first kappa shape index (κ1) is 21.3. The molecule has 0 spiro atoms. The number of hydrogen-bond acceptors (Lipinski definition) is 7. The van der Waals surface area contributed by atoms with Gasteiger partial charge >= 0.3 is 6.09 Å². The van der Waals surface area contributed by atoms with E-state index in [9.17, 15) is 14.7 Å². The third-order valence-corrected chi connectivity index (χ3v) is 5.88. The minimum Gasteiger partial charge on any atom is -0.465 e. The molecule has 0 radical (unpaired) electrons. The van der Waals surface area contributed by atoms with Gasteiger partial charge < -0.3 is 21.1 Å².